The second-order valence-corrected chi connectivity index (χ2v) is 7.12. The molecule has 2 aromatic carbocycles. The zero-order valence-corrected chi connectivity index (χ0v) is 16.7. The summed E-state index contributed by atoms with van der Waals surface area (Å²) in [5, 5.41) is 5.51. The monoisotopic (exact) mass is 453 g/mol. The molecule has 0 spiro atoms. The van der Waals surface area contributed by atoms with Crippen LogP contribution in [0.15, 0.2) is 65.3 Å². The molecular formula is C21H16BrN3O4. The number of anilines is 2. The molecule has 29 heavy (non-hydrogen) atoms. The van der Waals surface area contributed by atoms with Crippen LogP contribution in [0.3, 0.4) is 0 Å². The van der Waals surface area contributed by atoms with Gasteiger partial charge in [0.1, 0.15) is 19.0 Å². The number of carbonyl (C=O) groups excluding carboxylic acids is 2. The van der Waals surface area contributed by atoms with Gasteiger partial charge in [-0.2, -0.15) is 0 Å². The molecule has 0 atom stereocenters. The highest BCUT2D eigenvalue weighted by Crippen LogP contribution is 2.31. The summed E-state index contributed by atoms with van der Waals surface area (Å²) < 4.78 is 11.8. The van der Waals surface area contributed by atoms with E-state index in [1.807, 2.05) is 0 Å². The van der Waals surface area contributed by atoms with Gasteiger partial charge in [-0.05, 0) is 64.5 Å². The van der Waals surface area contributed by atoms with Gasteiger partial charge in [-0.25, -0.2) is 4.98 Å². The smallest absolute Gasteiger partial charge is 0.256 e. The predicted octanol–water partition coefficient (Wildman–Crippen LogP) is 4.12. The summed E-state index contributed by atoms with van der Waals surface area (Å²) in [6, 6.07) is 15.2. The number of halogens is 1. The Balaban J connectivity index is 1.46. The molecule has 0 bridgehead atoms. The van der Waals surface area contributed by atoms with Crippen LogP contribution in [-0.2, 0) is 0 Å². The summed E-state index contributed by atoms with van der Waals surface area (Å²) in [5.41, 5.74) is 1.33. The third kappa shape index (κ3) is 4.55. The maximum Gasteiger partial charge on any atom is 0.256 e. The van der Waals surface area contributed by atoms with Crippen LogP contribution >= 0.6 is 15.9 Å². The number of nitrogens with zero attached hydrogens (tertiary/aromatic N) is 1. The third-order valence-electron chi connectivity index (χ3n) is 4.16. The van der Waals surface area contributed by atoms with Gasteiger partial charge >= 0.3 is 0 Å². The minimum absolute atomic E-state index is 0.311. The molecule has 7 nitrogen and oxygen atoms in total. The molecule has 3 aromatic rings. The van der Waals surface area contributed by atoms with E-state index in [0.29, 0.717) is 47.3 Å². The van der Waals surface area contributed by atoms with Crippen LogP contribution in [0.25, 0.3) is 0 Å². The van der Waals surface area contributed by atoms with Gasteiger partial charge in [-0.1, -0.05) is 6.07 Å². The topological polar surface area (TPSA) is 89.6 Å². The number of pyridine rings is 1. The van der Waals surface area contributed by atoms with Crippen LogP contribution in [0.2, 0.25) is 0 Å². The first-order valence-corrected chi connectivity index (χ1v) is 9.62. The number of ether oxygens (including phenoxy) is 2. The number of amides is 2. The third-order valence-corrected chi connectivity index (χ3v) is 4.63. The maximum absolute atomic E-state index is 12.6. The van der Waals surface area contributed by atoms with Crippen LogP contribution in [0.4, 0.5) is 11.5 Å². The zero-order valence-electron chi connectivity index (χ0n) is 15.1. The first-order valence-electron chi connectivity index (χ1n) is 8.82. The Morgan fingerprint density at radius 1 is 0.862 bits per heavy atom. The van der Waals surface area contributed by atoms with Crippen molar-refractivity contribution in [2.75, 3.05) is 23.8 Å². The number of rotatable bonds is 4. The van der Waals surface area contributed by atoms with Gasteiger partial charge < -0.3 is 20.1 Å². The van der Waals surface area contributed by atoms with Crippen molar-refractivity contribution >= 4 is 39.2 Å². The molecule has 1 aromatic heterocycles. The van der Waals surface area contributed by atoms with E-state index in [9.17, 15) is 9.59 Å². The van der Waals surface area contributed by atoms with E-state index in [1.54, 1.807) is 60.8 Å². The lowest BCUT2D eigenvalue weighted by Gasteiger charge is -2.18. The van der Waals surface area contributed by atoms with Crippen molar-refractivity contribution in [3.63, 3.8) is 0 Å². The van der Waals surface area contributed by atoms with E-state index >= 15 is 0 Å². The highest BCUT2D eigenvalue weighted by Gasteiger charge is 2.15. The molecule has 8 heteroatoms. The van der Waals surface area contributed by atoms with Gasteiger partial charge in [0.05, 0.1) is 0 Å². The maximum atomic E-state index is 12.6. The van der Waals surface area contributed by atoms with Crippen LogP contribution in [0.1, 0.15) is 20.7 Å². The van der Waals surface area contributed by atoms with Crippen molar-refractivity contribution in [2.45, 2.75) is 0 Å². The van der Waals surface area contributed by atoms with Gasteiger partial charge in [0, 0.05) is 27.5 Å². The van der Waals surface area contributed by atoms with Gasteiger partial charge in [0.15, 0.2) is 11.5 Å². The van der Waals surface area contributed by atoms with E-state index < -0.39 is 0 Å². The molecular weight excluding hydrogens is 438 g/mol. The molecule has 2 N–H and O–H groups in total. The van der Waals surface area contributed by atoms with E-state index in [0.717, 1.165) is 4.47 Å². The summed E-state index contributed by atoms with van der Waals surface area (Å²) in [6.45, 7) is 0.936. The number of benzene rings is 2. The lowest BCUT2D eigenvalue weighted by atomic mass is 10.1. The molecule has 1 aliphatic rings. The van der Waals surface area contributed by atoms with Crippen LogP contribution in [-0.4, -0.2) is 30.0 Å². The highest BCUT2D eigenvalue weighted by molar-refractivity contribution is 9.10. The van der Waals surface area contributed by atoms with Gasteiger partial charge in [-0.15, -0.1) is 0 Å². The van der Waals surface area contributed by atoms with Crippen molar-refractivity contribution in [3.8, 4) is 11.5 Å². The Morgan fingerprint density at radius 2 is 1.62 bits per heavy atom. The number of carbonyl (C=O) groups is 2. The van der Waals surface area contributed by atoms with Crippen molar-refractivity contribution < 1.29 is 19.1 Å². The van der Waals surface area contributed by atoms with Crippen LogP contribution in [0.5, 0.6) is 11.5 Å². The Kier molecular flexibility index (Phi) is 5.44. The van der Waals surface area contributed by atoms with Crippen LogP contribution in [0, 0.1) is 0 Å². The lowest BCUT2D eigenvalue weighted by Crippen LogP contribution is -2.17. The fraction of sp³-hybridized carbons (Fsp3) is 0.0952. The van der Waals surface area contributed by atoms with Crippen LogP contribution < -0.4 is 20.1 Å². The molecule has 146 valence electrons. The number of nitrogens with one attached hydrogen (secondary N) is 2. The molecule has 0 saturated carbocycles. The second-order valence-electron chi connectivity index (χ2n) is 6.21. The molecule has 0 radical (unpaired) electrons. The Bertz CT molecular complexity index is 1070. The Labute approximate surface area is 175 Å². The second kappa shape index (κ2) is 8.32. The first kappa shape index (κ1) is 18.9. The lowest BCUT2D eigenvalue weighted by molar-refractivity contribution is 0.101. The Morgan fingerprint density at radius 3 is 2.41 bits per heavy atom. The summed E-state index contributed by atoms with van der Waals surface area (Å²) in [6.07, 6.45) is 1.60. The quantitative estimate of drug-likeness (QED) is 0.619. The standard InChI is InChI=1S/C21H16BrN3O4/c22-15-5-7-19(23-12-15)25-21(27)13-2-1-3-16(10-13)24-20(26)14-4-6-17-18(11-14)29-9-8-28-17/h1-7,10-12H,8-9H2,(H,24,26)(H,23,25,27). The van der Waals surface area contributed by atoms with Crippen molar-refractivity contribution in [2.24, 2.45) is 0 Å². The molecule has 4 rings (SSSR count). The van der Waals surface area contributed by atoms with Crippen molar-refractivity contribution in [1.29, 1.82) is 0 Å². The minimum Gasteiger partial charge on any atom is -0.486 e. The normalized spacial score (nSPS) is 12.2. The summed E-state index contributed by atoms with van der Waals surface area (Å²) in [4.78, 5) is 29.2. The van der Waals surface area contributed by atoms with Gasteiger partial charge in [0.2, 0.25) is 0 Å². The molecule has 0 saturated heterocycles. The van der Waals surface area contributed by atoms with E-state index in [4.69, 9.17) is 9.47 Å². The van der Waals surface area contributed by atoms with E-state index in [1.165, 1.54) is 0 Å². The molecule has 1 aliphatic heterocycles. The highest BCUT2D eigenvalue weighted by atomic mass is 79.9. The molecule has 2 heterocycles. The summed E-state index contributed by atoms with van der Waals surface area (Å²) >= 11 is 3.30. The van der Waals surface area contributed by atoms with Gasteiger partial charge in [-0.3, -0.25) is 9.59 Å². The first-order chi connectivity index (χ1) is 14.1. The number of aromatic nitrogens is 1. The molecule has 2 amide bonds. The largest absolute Gasteiger partial charge is 0.486 e. The number of fused-ring (bicyclic) bond motifs is 1. The number of hydrogen-bond donors (Lipinski definition) is 2. The zero-order chi connectivity index (χ0) is 20.2. The SMILES string of the molecule is O=C(Nc1cccc(C(=O)Nc2ccc(Br)cn2)c1)c1ccc2c(c1)OCCO2. The van der Waals surface area contributed by atoms with E-state index in [-0.39, 0.29) is 11.8 Å². The van der Waals surface area contributed by atoms with Crippen molar-refractivity contribution in [3.05, 3.63) is 76.4 Å². The fourth-order valence-electron chi connectivity index (χ4n) is 2.76. The van der Waals surface area contributed by atoms with Crippen molar-refractivity contribution in [1.82, 2.24) is 4.98 Å². The predicted molar refractivity (Wildman–Crippen MR) is 112 cm³/mol. The molecule has 0 unspecified atom stereocenters. The summed E-state index contributed by atoms with van der Waals surface area (Å²) in [5.74, 6) is 0.959. The van der Waals surface area contributed by atoms with E-state index in [2.05, 4.69) is 31.5 Å². The molecule has 0 aliphatic carbocycles. The average Bonchev–Trinajstić information content (AvgIpc) is 2.75. The molecule has 0 fully saturated rings. The number of hydrogen-bond acceptors (Lipinski definition) is 5. The summed E-state index contributed by atoms with van der Waals surface area (Å²) in [7, 11) is 0. The minimum atomic E-state index is -0.324. The fourth-order valence-corrected chi connectivity index (χ4v) is 3.00. The average molecular weight is 454 g/mol. The van der Waals surface area contributed by atoms with Gasteiger partial charge in [0.25, 0.3) is 11.8 Å². The Hall–Kier alpha value is -3.39.